The summed E-state index contributed by atoms with van der Waals surface area (Å²) in [4.78, 5) is 11.7. The van der Waals surface area contributed by atoms with Crippen LogP contribution in [-0.2, 0) is 23.7 Å². The molecule has 2 saturated heterocycles. The van der Waals surface area contributed by atoms with Crippen molar-refractivity contribution in [1.82, 2.24) is 0 Å². The van der Waals surface area contributed by atoms with Crippen LogP contribution in [0.2, 0.25) is 0 Å². The lowest BCUT2D eigenvalue weighted by atomic mass is 9.98. The highest BCUT2D eigenvalue weighted by molar-refractivity contribution is 5.57. The zero-order chi connectivity index (χ0) is 23.6. The molecule has 2 heterocycles. The minimum Gasteiger partial charge on any atom is -0.391 e. The highest BCUT2D eigenvalue weighted by atomic mass is 16.7. The highest BCUT2D eigenvalue weighted by Gasteiger charge is 2.48. The summed E-state index contributed by atoms with van der Waals surface area (Å²) in [6.07, 6.45) is -21.3. The number of hydrogen-bond donors (Lipinski definition) is 8. The molecule has 13 nitrogen and oxygen atoms in total. The van der Waals surface area contributed by atoms with Crippen LogP contribution in [0.5, 0.6) is 0 Å². The van der Waals surface area contributed by atoms with Crippen molar-refractivity contribution in [2.24, 2.45) is 0 Å². The Hall–Kier alpha value is -0.810. The molecule has 0 unspecified atom stereocenters. The van der Waals surface area contributed by atoms with Gasteiger partial charge in [0.1, 0.15) is 54.9 Å². The number of aliphatic hydroxyl groups excluding tert-OH is 8. The summed E-state index contributed by atoms with van der Waals surface area (Å²) in [5, 5.41) is 79.9. The average molecular weight is 456 g/mol. The lowest BCUT2D eigenvalue weighted by molar-refractivity contribution is -0.338. The largest absolute Gasteiger partial charge is 0.391 e. The van der Waals surface area contributed by atoms with Crippen LogP contribution in [-0.4, -0.2) is 133 Å². The van der Waals surface area contributed by atoms with Crippen molar-refractivity contribution in [2.75, 3.05) is 0 Å². The van der Waals surface area contributed by atoms with E-state index in [0.717, 1.165) is 0 Å². The molecule has 8 N–H and O–H groups in total. The first-order valence-electron chi connectivity index (χ1n) is 9.92. The van der Waals surface area contributed by atoms with Crippen molar-refractivity contribution in [1.29, 1.82) is 0 Å². The fourth-order valence-electron chi connectivity index (χ4n) is 3.38. The Kier molecular flexibility index (Phi) is 9.27. The van der Waals surface area contributed by atoms with Gasteiger partial charge in [0.05, 0.1) is 18.3 Å². The number of rotatable bonds is 8. The molecule has 0 amide bonds. The number of ether oxygens (including phenoxy) is 4. The Labute approximate surface area is 178 Å². The lowest BCUT2D eigenvalue weighted by Crippen LogP contribution is -2.61. The Morgan fingerprint density at radius 1 is 0.742 bits per heavy atom. The molecule has 0 spiro atoms. The summed E-state index contributed by atoms with van der Waals surface area (Å²) in [5.74, 6) is 0. The zero-order valence-electron chi connectivity index (χ0n) is 17.3. The van der Waals surface area contributed by atoms with Gasteiger partial charge in [-0.1, -0.05) is 0 Å². The third-order valence-electron chi connectivity index (χ3n) is 5.49. The first kappa shape index (κ1) is 26.4. The molecule has 31 heavy (non-hydrogen) atoms. The molecule has 0 saturated carbocycles. The SMILES string of the molecule is C[C@@H](O)[C@@H](O)[C@H](O[C@H]1O[C@H](C)[C@@H](O)[C@H](O)[C@@H]1O)[C@@H](C=O)O[C@H]1O[C@H](C)[C@@H](O)[C@H](O)[C@@H]1O. The van der Waals surface area contributed by atoms with Gasteiger partial charge in [0, 0.05) is 0 Å². The Morgan fingerprint density at radius 2 is 1.16 bits per heavy atom. The van der Waals surface area contributed by atoms with Crippen molar-refractivity contribution < 1.29 is 64.6 Å². The minimum absolute atomic E-state index is 0.179. The van der Waals surface area contributed by atoms with Crippen molar-refractivity contribution in [2.45, 2.75) is 107 Å². The van der Waals surface area contributed by atoms with Crippen molar-refractivity contribution in [3.63, 3.8) is 0 Å². The molecule has 2 aliphatic rings. The molecule has 0 aromatic carbocycles. The summed E-state index contributed by atoms with van der Waals surface area (Å²) in [7, 11) is 0. The third kappa shape index (κ3) is 5.76. The van der Waals surface area contributed by atoms with E-state index >= 15 is 0 Å². The van der Waals surface area contributed by atoms with Crippen LogP contribution in [0.1, 0.15) is 20.8 Å². The molecular weight excluding hydrogens is 424 g/mol. The topological polar surface area (TPSA) is 216 Å². The van der Waals surface area contributed by atoms with Crippen molar-refractivity contribution in [3.05, 3.63) is 0 Å². The molecule has 0 aliphatic carbocycles. The fraction of sp³-hybridized carbons (Fsp3) is 0.944. The van der Waals surface area contributed by atoms with Crippen LogP contribution in [0, 0.1) is 0 Å². The predicted octanol–water partition coefficient (Wildman–Crippen LogP) is -4.65. The highest BCUT2D eigenvalue weighted by Crippen LogP contribution is 2.27. The summed E-state index contributed by atoms with van der Waals surface area (Å²) in [6.45, 7) is 3.98. The Balaban J connectivity index is 2.22. The number of aldehydes is 1. The lowest BCUT2D eigenvalue weighted by Gasteiger charge is -2.43. The van der Waals surface area contributed by atoms with Gasteiger partial charge in [-0.15, -0.1) is 0 Å². The smallest absolute Gasteiger partial charge is 0.187 e. The first-order valence-corrected chi connectivity index (χ1v) is 9.92. The van der Waals surface area contributed by atoms with E-state index in [0.29, 0.717) is 0 Å². The van der Waals surface area contributed by atoms with Crippen LogP contribution in [0.25, 0.3) is 0 Å². The molecular formula is C18H32O13. The number of hydrogen-bond acceptors (Lipinski definition) is 13. The second-order valence-electron chi connectivity index (χ2n) is 7.93. The van der Waals surface area contributed by atoms with Crippen molar-refractivity contribution in [3.8, 4) is 0 Å². The predicted molar refractivity (Wildman–Crippen MR) is 98.2 cm³/mol. The zero-order valence-corrected chi connectivity index (χ0v) is 17.3. The van der Waals surface area contributed by atoms with Gasteiger partial charge in [-0.25, -0.2) is 0 Å². The third-order valence-corrected chi connectivity index (χ3v) is 5.49. The van der Waals surface area contributed by atoms with Crippen LogP contribution in [0.3, 0.4) is 0 Å². The molecule has 13 heteroatoms. The van der Waals surface area contributed by atoms with Crippen molar-refractivity contribution >= 4 is 6.29 Å². The number of carbonyl (C=O) groups excluding carboxylic acids is 1. The maximum Gasteiger partial charge on any atom is 0.187 e. The molecule has 182 valence electrons. The fourth-order valence-corrected chi connectivity index (χ4v) is 3.38. The van der Waals surface area contributed by atoms with E-state index in [1.165, 1.54) is 20.8 Å². The van der Waals surface area contributed by atoms with Crippen LogP contribution >= 0.6 is 0 Å². The summed E-state index contributed by atoms with van der Waals surface area (Å²) in [5.41, 5.74) is 0. The van der Waals surface area contributed by atoms with E-state index in [9.17, 15) is 45.6 Å². The normalized spacial score (nSPS) is 45.5. The minimum atomic E-state index is -1.77. The Bertz CT molecular complexity index is 577. The standard InChI is InChI=1S/C18H32O13/c1-5(20)9(21)16(31-18-15(27)13(25)11(23)7(3)29-18)8(4-19)30-17-14(26)12(24)10(22)6(2)28-17/h4-18,20-27H,1-3H3/t5-,6-,7-,8-,9-,10-,11-,12+,13+,14+,15+,16-,17-,18-/m1/s1. The molecule has 2 fully saturated rings. The van der Waals surface area contributed by atoms with Crippen LogP contribution in [0.15, 0.2) is 0 Å². The molecule has 2 rings (SSSR count). The average Bonchev–Trinajstić information content (AvgIpc) is 2.73. The summed E-state index contributed by atoms with van der Waals surface area (Å²) < 4.78 is 21.4. The second kappa shape index (κ2) is 10.9. The van der Waals surface area contributed by atoms with Gasteiger partial charge in [-0.3, -0.25) is 0 Å². The van der Waals surface area contributed by atoms with E-state index in [2.05, 4.69) is 0 Å². The first-order chi connectivity index (χ1) is 14.4. The van der Waals surface area contributed by atoms with E-state index in [4.69, 9.17) is 18.9 Å². The van der Waals surface area contributed by atoms with Gasteiger partial charge in [0.15, 0.2) is 18.9 Å². The molecule has 2 aliphatic heterocycles. The molecule has 0 aromatic rings. The van der Waals surface area contributed by atoms with Gasteiger partial charge in [-0.2, -0.15) is 0 Å². The molecule has 0 aromatic heterocycles. The maximum absolute atomic E-state index is 11.7. The van der Waals surface area contributed by atoms with E-state index in [-0.39, 0.29) is 6.29 Å². The van der Waals surface area contributed by atoms with Crippen LogP contribution in [0.4, 0.5) is 0 Å². The van der Waals surface area contributed by atoms with Gasteiger partial charge >= 0.3 is 0 Å². The monoisotopic (exact) mass is 456 g/mol. The van der Waals surface area contributed by atoms with Gasteiger partial charge in [0.2, 0.25) is 0 Å². The summed E-state index contributed by atoms with van der Waals surface area (Å²) >= 11 is 0. The van der Waals surface area contributed by atoms with E-state index in [1.54, 1.807) is 0 Å². The molecule has 0 bridgehead atoms. The van der Waals surface area contributed by atoms with Gasteiger partial charge in [-0.05, 0) is 20.8 Å². The summed E-state index contributed by atoms with van der Waals surface area (Å²) in [6, 6.07) is 0. The quantitative estimate of drug-likeness (QED) is 0.161. The molecule has 14 atom stereocenters. The van der Waals surface area contributed by atoms with Crippen LogP contribution < -0.4 is 0 Å². The second-order valence-corrected chi connectivity index (χ2v) is 7.93. The van der Waals surface area contributed by atoms with E-state index < -0.39 is 85.8 Å². The number of carbonyl (C=O) groups is 1. The van der Waals surface area contributed by atoms with Gasteiger partial charge in [0.25, 0.3) is 0 Å². The maximum atomic E-state index is 11.7. The Morgan fingerprint density at radius 3 is 1.55 bits per heavy atom. The molecule has 0 radical (unpaired) electrons. The van der Waals surface area contributed by atoms with E-state index in [1.807, 2.05) is 0 Å². The number of aliphatic hydroxyl groups is 8. The van der Waals surface area contributed by atoms with Gasteiger partial charge < -0.3 is 64.6 Å².